The van der Waals surface area contributed by atoms with Crippen LogP contribution in [0.4, 0.5) is 0 Å². The maximum absolute atomic E-state index is 11.1. The average molecular weight is 254 g/mol. The molecule has 0 aromatic rings. The monoisotopic (exact) mass is 254 g/mol. The fraction of sp³-hybridized carbons (Fsp3) is 0.727. The van der Waals surface area contributed by atoms with E-state index in [9.17, 15) is 4.79 Å². The molecule has 6 heteroatoms. The second-order valence-corrected chi connectivity index (χ2v) is 10.2. The van der Waals surface area contributed by atoms with Crippen molar-refractivity contribution in [3.05, 3.63) is 0 Å². The van der Waals surface area contributed by atoms with Crippen molar-refractivity contribution in [3.8, 4) is 0 Å². The molecule has 0 fully saturated rings. The molecule has 96 valence electrons. The van der Waals surface area contributed by atoms with Crippen molar-refractivity contribution in [2.75, 3.05) is 13.2 Å². The molecule has 0 spiro atoms. The molecule has 1 amide bonds. The molecule has 0 aromatic heterocycles. The molecule has 0 unspecified atom stereocenters. The van der Waals surface area contributed by atoms with Crippen LogP contribution in [0.25, 0.3) is 0 Å². The molecular formula is C11H22N4OSi. The van der Waals surface area contributed by atoms with E-state index in [1.165, 1.54) is 6.92 Å². The molecule has 1 aliphatic heterocycles. The summed E-state index contributed by atoms with van der Waals surface area (Å²) in [6, 6.07) is 0. The Labute approximate surface area is 104 Å². The van der Waals surface area contributed by atoms with E-state index in [2.05, 4.69) is 41.9 Å². The number of nitrogens with zero attached hydrogens (tertiary/aromatic N) is 3. The molecule has 0 saturated carbocycles. The first-order chi connectivity index (χ1) is 7.84. The van der Waals surface area contributed by atoms with Gasteiger partial charge < -0.3 is 10.2 Å². The predicted molar refractivity (Wildman–Crippen MR) is 73.9 cm³/mol. The zero-order chi connectivity index (χ0) is 13.1. The Morgan fingerprint density at radius 2 is 2.18 bits per heavy atom. The molecule has 0 bridgehead atoms. The lowest BCUT2D eigenvalue weighted by Gasteiger charge is -2.33. The van der Waals surface area contributed by atoms with Crippen molar-refractivity contribution >= 4 is 25.4 Å². The maximum Gasteiger partial charge on any atom is 0.245 e. The summed E-state index contributed by atoms with van der Waals surface area (Å²) in [6.07, 6.45) is 1.01. The number of rotatable bonds is 3. The number of nitrogens with one attached hydrogen (secondary N) is 1. The summed E-state index contributed by atoms with van der Waals surface area (Å²) in [5.74, 6) is 0.484. The Kier molecular flexibility index (Phi) is 4.44. The zero-order valence-electron chi connectivity index (χ0n) is 11.4. The van der Waals surface area contributed by atoms with Gasteiger partial charge in [-0.25, -0.2) is 0 Å². The third kappa shape index (κ3) is 3.96. The van der Waals surface area contributed by atoms with Gasteiger partial charge in [0, 0.05) is 13.5 Å². The largest absolute Gasteiger partial charge is 0.323 e. The summed E-state index contributed by atoms with van der Waals surface area (Å²) in [7, 11) is -1.48. The molecule has 0 aliphatic carbocycles. The quantitative estimate of drug-likeness (QED) is 0.775. The third-order valence-corrected chi connectivity index (χ3v) is 4.10. The van der Waals surface area contributed by atoms with Crippen molar-refractivity contribution in [2.45, 2.75) is 39.9 Å². The second-order valence-electron chi connectivity index (χ2n) is 5.24. The number of amides is 1. The molecule has 1 heterocycles. The van der Waals surface area contributed by atoms with Crippen LogP contribution >= 0.6 is 0 Å². The van der Waals surface area contributed by atoms with E-state index in [0.29, 0.717) is 12.6 Å². The van der Waals surface area contributed by atoms with Crippen LogP contribution < -0.4 is 5.32 Å². The fourth-order valence-corrected chi connectivity index (χ4v) is 2.60. The van der Waals surface area contributed by atoms with Crippen LogP contribution in [0, 0.1) is 0 Å². The minimum atomic E-state index is -1.48. The van der Waals surface area contributed by atoms with Gasteiger partial charge in [-0.3, -0.25) is 9.79 Å². The number of guanidine groups is 1. The molecule has 1 aliphatic rings. The van der Waals surface area contributed by atoms with E-state index < -0.39 is 8.07 Å². The molecule has 5 nitrogen and oxygen atoms in total. The predicted octanol–water partition coefficient (Wildman–Crippen LogP) is 1.44. The van der Waals surface area contributed by atoms with Gasteiger partial charge in [-0.15, -0.1) is 0 Å². The molecule has 0 radical (unpaired) electrons. The van der Waals surface area contributed by atoms with Gasteiger partial charge in [-0.2, -0.15) is 4.99 Å². The first kappa shape index (κ1) is 13.9. The maximum atomic E-state index is 11.1. The highest BCUT2D eigenvalue weighted by atomic mass is 28.3. The van der Waals surface area contributed by atoms with Gasteiger partial charge in [0.05, 0.1) is 5.46 Å². The minimum absolute atomic E-state index is 0.176. The Balaban J connectivity index is 2.93. The van der Waals surface area contributed by atoms with E-state index >= 15 is 0 Å². The van der Waals surface area contributed by atoms with Crippen molar-refractivity contribution in [3.63, 3.8) is 0 Å². The summed E-state index contributed by atoms with van der Waals surface area (Å²) < 4.78 is 0. The summed E-state index contributed by atoms with van der Waals surface area (Å²) in [4.78, 5) is 21.7. The van der Waals surface area contributed by atoms with Crippen molar-refractivity contribution in [1.82, 2.24) is 10.2 Å². The van der Waals surface area contributed by atoms with E-state index in [1.807, 2.05) is 4.90 Å². The standard InChI is InChI=1S/C11H22N4OSi/c1-6-7-15-8-12-11(17(3,4)5)14-10(15)13-9(2)16/h6-8H2,1-5H3,(H,12,13,14,16). The van der Waals surface area contributed by atoms with Gasteiger partial charge in [0.2, 0.25) is 11.9 Å². The molecule has 0 aromatic carbocycles. The number of carbonyl (C=O) groups excluding carboxylic acids is 1. The highest BCUT2D eigenvalue weighted by Crippen LogP contribution is 2.08. The average Bonchev–Trinajstić information content (AvgIpc) is 2.18. The normalized spacial score (nSPS) is 19.0. The summed E-state index contributed by atoms with van der Waals surface area (Å²) in [6.45, 7) is 11.7. The Morgan fingerprint density at radius 3 is 2.65 bits per heavy atom. The summed E-state index contributed by atoms with van der Waals surface area (Å²) >= 11 is 0. The van der Waals surface area contributed by atoms with E-state index in [-0.39, 0.29) is 5.91 Å². The van der Waals surface area contributed by atoms with E-state index in [4.69, 9.17) is 0 Å². The van der Waals surface area contributed by atoms with Crippen molar-refractivity contribution in [2.24, 2.45) is 9.98 Å². The number of carbonyl (C=O) groups is 1. The van der Waals surface area contributed by atoms with Gasteiger partial charge in [-0.1, -0.05) is 26.6 Å². The molecule has 1 rings (SSSR count). The SMILES string of the molecule is CCCN1CN=C([Si](C)(C)C)NC1=NC(C)=O. The third-order valence-electron chi connectivity index (χ3n) is 2.40. The minimum Gasteiger partial charge on any atom is -0.323 e. The lowest BCUT2D eigenvalue weighted by atomic mass is 10.4. The van der Waals surface area contributed by atoms with Gasteiger partial charge in [0.1, 0.15) is 14.7 Å². The highest BCUT2D eigenvalue weighted by molar-refractivity contribution is 7.04. The number of hydrogen-bond donors (Lipinski definition) is 1. The molecule has 0 atom stereocenters. The fourth-order valence-electron chi connectivity index (χ4n) is 1.57. The number of hydrogen-bond acceptors (Lipinski definition) is 2. The highest BCUT2D eigenvalue weighted by Gasteiger charge is 2.27. The van der Waals surface area contributed by atoms with Crippen LogP contribution in [0.5, 0.6) is 0 Å². The number of amidine groups is 1. The lowest BCUT2D eigenvalue weighted by molar-refractivity contribution is -0.115. The van der Waals surface area contributed by atoms with Crippen molar-refractivity contribution < 1.29 is 4.79 Å². The van der Waals surface area contributed by atoms with Crippen LogP contribution in [0.3, 0.4) is 0 Å². The molecule has 0 saturated heterocycles. The smallest absolute Gasteiger partial charge is 0.245 e. The summed E-state index contributed by atoms with van der Waals surface area (Å²) in [5, 5.41) is 3.23. The van der Waals surface area contributed by atoms with Gasteiger partial charge >= 0.3 is 0 Å². The Hall–Kier alpha value is -1.17. The van der Waals surface area contributed by atoms with E-state index in [1.54, 1.807) is 0 Å². The van der Waals surface area contributed by atoms with Crippen LogP contribution in [-0.4, -0.2) is 43.5 Å². The number of aliphatic imine (C=N–C) groups is 2. The van der Waals surface area contributed by atoms with E-state index in [0.717, 1.165) is 18.4 Å². The molecular weight excluding hydrogens is 232 g/mol. The second kappa shape index (κ2) is 5.44. The summed E-state index contributed by atoms with van der Waals surface area (Å²) in [5.41, 5.74) is 1.02. The van der Waals surface area contributed by atoms with Crippen LogP contribution in [0.15, 0.2) is 9.98 Å². The van der Waals surface area contributed by atoms with Gasteiger partial charge in [0.25, 0.3) is 0 Å². The van der Waals surface area contributed by atoms with Crippen molar-refractivity contribution in [1.29, 1.82) is 0 Å². The Morgan fingerprint density at radius 1 is 1.53 bits per heavy atom. The lowest BCUT2D eigenvalue weighted by Crippen LogP contribution is -2.56. The van der Waals surface area contributed by atoms with Crippen LogP contribution in [0.2, 0.25) is 19.6 Å². The van der Waals surface area contributed by atoms with Crippen LogP contribution in [-0.2, 0) is 4.79 Å². The first-order valence-corrected chi connectivity index (χ1v) is 9.50. The van der Waals surface area contributed by atoms with Gasteiger partial charge in [-0.05, 0) is 6.42 Å². The molecule has 17 heavy (non-hydrogen) atoms. The molecule has 1 N–H and O–H groups in total. The zero-order valence-corrected chi connectivity index (χ0v) is 12.4. The Bertz CT molecular complexity index is 357. The topological polar surface area (TPSA) is 57.1 Å². The van der Waals surface area contributed by atoms with Gasteiger partial charge in [0.15, 0.2) is 0 Å². The first-order valence-electron chi connectivity index (χ1n) is 6.00. The van der Waals surface area contributed by atoms with Crippen LogP contribution in [0.1, 0.15) is 20.3 Å².